The largest absolute Gasteiger partial charge is 0.465 e. The molecule has 0 aromatic heterocycles. The van der Waals surface area contributed by atoms with Crippen molar-refractivity contribution in [1.82, 2.24) is 10.6 Å². The van der Waals surface area contributed by atoms with E-state index in [-0.39, 0.29) is 11.9 Å². The molecule has 0 atom stereocenters. The Morgan fingerprint density at radius 3 is 2.53 bits per heavy atom. The zero-order valence-corrected chi connectivity index (χ0v) is 9.32. The second-order valence-corrected chi connectivity index (χ2v) is 4.32. The summed E-state index contributed by atoms with van der Waals surface area (Å²) in [6.07, 6.45) is 0.660. The van der Waals surface area contributed by atoms with Gasteiger partial charge in [-0.3, -0.25) is 0 Å². The highest BCUT2D eigenvalue weighted by atomic mass is 19.1. The van der Waals surface area contributed by atoms with Gasteiger partial charge in [-0.1, -0.05) is 12.1 Å². The number of hydrogen-bond donors (Lipinski definition) is 3. The Morgan fingerprint density at radius 1 is 1.29 bits per heavy atom. The third kappa shape index (κ3) is 3.42. The molecule has 17 heavy (non-hydrogen) atoms. The second-order valence-electron chi connectivity index (χ2n) is 4.32. The molecule has 1 saturated carbocycles. The van der Waals surface area contributed by atoms with Crippen molar-refractivity contribution in [3.63, 3.8) is 0 Å². The molecule has 0 bridgehead atoms. The van der Waals surface area contributed by atoms with Gasteiger partial charge in [0.1, 0.15) is 5.82 Å². The average Bonchev–Trinajstić information content (AvgIpc) is 2.23. The van der Waals surface area contributed by atoms with Crippen LogP contribution in [0.5, 0.6) is 0 Å². The first-order chi connectivity index (χ1) is 8.13. The summed E-state index contributed by atoms with van der Waals surface area (Å²) in [5.74, 6) is -0.233. The molecular formula is C12H15FN2O2. The van der Waals surface area contributed by atoms with Gasteiger partial charge in [0.2, 0.25) is 0 Å². The number of carbonyl (C=O) groups is 1. The Bertz CT molecular complexity index is 388. The van der Waals surface area contributed by atoms with Crippen molar-refractivity contribution in [2.24, 2.45) is 0 Å². The van der Waals surface area contributed by atoms with Crippen LogP contribution in [0.25, 0.3) is 0 Å². The van der Waals surface area contributed by atoms with E-state index in [0.29, 0.717) is 12.6 Å². The molecule has 0 saturated heterocycles. The lowest BCUT2D eigenvalue weighted by atomic mass is 9.87. The highest BCUT2D eigenvalue weighted by Gasteiger charge is 2.29. The summed E-state index contributed by atoms with van der Waals surface area (Å²) in [6, 6.07) is 6.77. The van der Waals surface area contributed by atoms with Gasteiger partial charge in [0.25, 0.3) is 0 Å². The quantitative estimate of drug-likeness (QED) is 0.748. The summed E-state index contributed by atoms with van der Waals surface area (Å²) in [6.45, 7) is 0.685. The van der Waals surface area contributed by atoms with Gasteiger partial charge >= 0.3 is 6.09 Å². The maximum Gasteiger partial charge on any atom is 0.404 e. The third-order valence-electron chi connectivity index (χ3n) is 2.97. The van der Waals surface area contributed by atoms with Gasteiger partial charge in [-0.2, -0.15) is 0 Å². The van der Waals surface area contributed by atoms with Gasteiger partial charge in [0, 0.05) is 18.6 Å². The Labute approximate surface area is 98.8 Å². The fraction of sp³-hybridized carbons (Fsp3) is 0.417. The highest BCUT2D eigenvalue weighted by molar-refractivity contribution is 5.65. The molecule has 2 rings (SSSR count). The first-order valence-electron chi connectivity index (χ1n) is 5.61. The third-order valence-corrected chi connectivity index (χ3v) is 2.97. The second kappa shape index (κ2) is 5.14. The van der Waals surface area contributed by atoms with Gasteiger partial charge in [0.05, 0.1) is 0 Å². The lowest BCUT2D eigenvalue weighted by Gasteiger charge is -2.35. The Hall–Kier alpha value is -1.62. The van der Waals surface area contributed by atoms with Gasteiger partial charge in [-0.15, -0.1) is 0 Å². The fourth-order valence-electron chi connectivity index (χ4n) is 1.94. The molecule has 92 valence electrons. The van der Waals surface area contributed by atoms with Crippen molar-refractivity contribution in [1.29, 1.82) is 0 Å². The van der Waals surface area contributed by atoms with Crippen molar-refractivity contribution in [3.05, 3.63) is 35.6 Å². The van der Waals surface area contributed by atoms with Gasteiger partial charge in [-0.25, -0.2) is 9.18 Å². The first-order valence-corrected chi connectivity index (χ1v) is 5.61. The molecule has 1 amide bonds. The van der Waals surface area contributed by atoms with Crippen LogP contribution < -0.4 is 10.6 Å². The minimum absolute atomic E-state index is 0.0678. The summed E-state index contributed by atoms with van der Waals surface area (Å²) >= 11 is 0. The van der Waals surface area contributed by atoms with Crippen LogP contribution in [-0.4, -0.2) is 23.3 Å². The summed E-state index contributed by atoms with van der Waals surface area (Å²) < 4.78 is 12.7. The number of halogens is 1. The van der Waals surface area contributed by atoms with Crippen LogP contribution in [0.2, 0.25) is 0 Å². The highest BCUT2D eigenvalue weighted by Crippen LogP contribution is 2.20. The molecule has 0 radical (unpaired) electrons. The van der Waals surface area contributed by atoms with Crippen LogP contribution in [0.4, 0.5) is 9.18 Å². The number of nitrogens with one attached hydrogen (secondary N) is 2. The summed E-state index contributed by atoms with van der Waals surface area (Å²) in [4.78, 5) is 10.4. The summed E-state index contributed by atoms with van der Waals surface area (Å²) in [5.41, 5.74) is 1.03. The SMILES string of the molecule is O=C(O)NC1CC(NCc2ccc(F)cc2)C1. The molecular weight excluding hydrogens is 223 g/mol. The Kier molecular flexibility index (Phi) is 3.58. The van der Waals surface area contributed by atoms with E-state index >= 15 is 0 Å². The van der Waals surface area contributed by atoms with E-state index in [1.807, 2.05) is 0 Å². The zero-order chi connectivity index (χ0) is 12.3. The topological polar surface area (TPSA) is 61.4 Å². The zero-order valence-electron chi connectivity index (χ0n) is 9.32. The molecule has 1 aliphatic carbocycles. The monoisotopic (exact) mass is 238 g/mol. The molecule has 0 heterocycles. The molecule has 0 unspecified atom stereocenters. The molecule has 3 N–H and O–H groups in total. The number of carboxylic acid groups (broad SMARTS) is 1. The fourth-order valence-corrected chi connectivity index (χ4v) is 1.94. The maximum absolute atomic E-state index is 12.7. The molecule has 1 aliphatic rings. The van der Waals surface area contributed by atoms with E-state index in [1.54, 1.807) is 12.1 Å². The number of hydrogen-bond acceptors (Lipinski definition) is 2. The van der Waals surface area contributed by atoms with E-state index in [4.69, 9.17) is 5.11 Å². The van der Waals surface area contributed by atoms with E-state index in [2.05, 4.69) is 10.6 Å². The molecule has 1 aromatic carbocycles. The lowest BCUT2D eigenvalue weighted by molar-refractivity contribution is 0.173. The smallest absolute Gasteiger partial charge is 0.404 e. The van der Waals surface area contributed by atoms with Crippen molar-refractivity contribution in [2.75, 3.05) is 0 Å². The maximum atomic E-state index is 12.7. The number of rotatable bonds is 4. The van der Waals surface area contributed by atoms with Crippen molar-refractivity contribution in [2.45, 2.75) is 31.5 Å². The van der Waals surface area contributed by atoms with Crippen LogP contribution in [0.15, 0.2) is 24.3 Å². The van der Waals surface area contributed by atoms with Gasteiger partial charge < -0.3 is 15.7 Å². The van der Waals surface area contributed by atoms with E-state index < -0.39 is 6.09 Å². The van der Waals surface area contributed by atoms with E-state index in [9.17, 15) is 9.18 Å². The summed E-state index contributed by atoms with van der Waals surface area (Å²) in [5, 5.41) is 14.2. The van der Waals surface area contributed by atoms with Crippen LogP contribution in [0, 0.1) is 5.82 Å². The Balaban J connectivity index is 1.67. The molecule has 5 heteroatoms. The van der Waals surface area contributed by atoms with E-state index in [1.165, 1.54) is 12.1 Å². The molecule has 0 aliphatic heterocycles. The first kappa shape index (κ1) is 11.9. The van der Waals surface area contributed by atoms with Crippen LogP contribution in [0.1, 0.15) is 18.4 Å². The van der Waals surface area contributed by atoms with Gasteiger partial charge in [-0.05, 0) is 30.5 Å². The van der Waals surface area contributed by atoms with Gasteiger partial charge in [0.15, 0.2) is 0 Å². The minimum Gasteiger partial charge on any atom is -0.465 e. The normalized spacial score (nSPS) is 22.9. The molecule has 1 fully saturated rings. The van der Waals surface area contributed by atoms with Crippen LogP contribution in [0.3, 0.4) is 0 Å². The average molecular weight is 238 g/mol. The number of benzene rings is 1. The summed E-state index contributed by atoms with van der Waals surface area (Å²) in [7, 11) is 0. The Morgan fingerprint density at radius 2 is 1.94 bits per heavy atom. The molecule has 0 spiro atoms. The van der Waals surface area contributed by atoms with Crippen molar-refractivity contribution < 1.29 is 14.3 Å². The standard InChI is InChI=1S/C12H15FN2O2/c13-9-3-1-8(2-4-9)7-14-10-5-11(6-10)15-12(16)17/h1-4,10-11,14-15H,5-7H2,(H,16,17). The van der Waals surface area contributed by atoms with Crippen molar-refractivity contribution >= 4 is 6.09 Å². The predicted molar refractivity (Wildman–Crippen MR) is 61.2 cm³/mol. The minimum atomic E-state index is -0.966. The van der Waals surface area contributed by atoms with Crippen LogP contribution in [-0.2, 0) is 6.54 Å². The van der Waals surface area contributed by atoms with E-state index in [0.717, 1.165) is 18.4 Å². The van der Waals surface area contributed by atoms with Crippen LogP contribution >= 0.6 is 0 Å². The number of amides is 1. The lowest BCUT2D eigenvalue weighted by Crippen LogP contribution is -2.51. The van der Waals surface area contributed by atoms with Crippen molar-refractivity contribution in [3.8, 4) is 0 Å². The molecule has 4 nitrogen and oxygen atoms in total. The molecule has 1 aromatic rings. The predicted octanol–water partition coefficient (Wildman–Crippen LogP) is 1.71.